The van der Waals surface area contributed by atoms with E-state index in [1.54, 1.807) is 0 Å². The number of hydrogen-bond acceptors (Lipinski definition) is 3. The fraction of sp³-hybridized carbons (Fsp3) is 0.188. The number of carbonyl (C=O) groups excluding carboxylic acids is 1. The molecule has 5 heteroatoms. The molecule has 0 saturated carbocycles. The summed E-state index contributed by atoms with van der Waals surface area (Å²) in [6, 6.07) is 13.5. The smallest absolute Gasteiger partial charge is 0.235 e. The van der Waals surface area contributed by atoms with Crippen LogP contribution in [0, 0.1) is 13.8 Å². The lowest BCUT2D eigenvalue weighted by Crippen LogP contribution is -2.40. The molecule has 0 fully saturated rings. The molecule has 21 heavy (non-hydrogen) atoms. The van der Waals surface area contributed by atoms with Gasteiger partial charge in [0.05, 0.1) is 0 Å². The monoisotopic (exact) mass is 282 g/mol. The molecule has 0 radical (unpaired) electrons. The summed E-state index contributed by atoms with van der Waals surface area (Å²) < 4.78 is 0. The van der Waals surface area contributed by atoms with E-state index < -0.39 is 0 Å². The third kappa shape index (κ3) is 4.42. The van der Waals surface area contributed by atoms with Gasteiger partial charge in [-0.25, -0.2) is 9.98 Å². The number of pyridine rings is 1. The van der Waals surface area contributed by atoms with Crippen molar-refractivity contribution in [3.8, 4) is 0 Å². The van der Waals surface area contributed by atoms with Crippen molar-refractivity contribution < 1.29 is 4.79 Å². The van der Waals surface area contributed by atoms with E-state index in [0.717, 1.165) is 16.8 Å². The molecule has 0 unspecified atom stereocenters. The summed E-state index contributed by atoms with van der Waals surface area (Å²) >= 11 is 0. The average Bonchev–Trinajstić information content (AvgIpc) is 2.43. The van der Waals surface area contributed by atoms with Gasteiger partial charge in [0, 0.05) is 18.2 Å². The summed E-state index contributed by atoms with van der Waals surface area (Å²) in [6.07, 6.45) is 0. The number of hydrazine groups is 1. The first-order valence-electron chi connectivity index (χ1n) is 6.66. The molecule has 1 aromatic carbocycles. The molecule has 5 nitrogen and oxygen atoms in total. The van der Waals surface area contributed by atoms with Crippen LogP contribution < -0.4 is 10.9 Å². The van der Waals surface area contributed by atoms with Crippen LogP contribution in [0.1, 0.15) is 23.7 Å². The molecule has 0 spiro atoms. The largest absolute Gasteiger partial charge is 0.281 e. The first-order valence-corrected chi connectivity index (χ1v) is 6.66. The Morgan fingerprint density at radius 3 is 2.43 bits per heavy atom. The number of carbonyl (C=O) groups is 1. The van der Waals surface area contributed by atoms with Gasteiger partial charge in [-0.1, -0.05) is 30.3 Å². The lowest BCUT2D eigenvalue weighted by Gasteiger charge is -2.10. The Morgan fingerprint density at radius 1 is 1.10 bits per heavy atom. The van der Waals surface area contributed by atoms with Crippen molar-refractivity contribution in [1.82, 2.24) is 15.8 Å². The molecule has 0 bridgehead atoms. The Labute approximate surface area is 124 Å². The zero-order valence-corrected chi connectivity index (χ0v) is 12.3. The lowest BCUT2D eigenvalue weighted by molar-refractivity contribution is -0.119. The van der Waals surface area contributed by atoms with Crippen molar-refractivity contribution in [2.24, 2.45) is 4.99 Å². The van der Waals surface area contributed by atoms with Gasteiger partial charge in [-0.3, -0.25) is 15.6 Å². The average molecular weight is 282 g/mol. The van der Waals surface area contributed by atoms with Crippen LogP contribution in [-0.2, 0) is 4.79 Å². The fourth-order valence-electron chi connectivity index (χ4n) is 1.90. The highest BCUT2D eigenvalue weighted by molar-refractivity contribution is 6.00. The number of rotatable bonds is 2. The van der Waals surface area contributed by atoms with Gasteiger partial charge in [-0.05, 0) is 31.5 Å². The number of aliphatic imine (C=N–C) groups is 1. The van der Waals surface area contributed by atoms with Gasteiger partial charge in [-0.15, -0.1) is 0 Å². The molecular formula is C16H18N4O. The van der Waals surface area contributed by atoms with Crippen LogP contribution in [0.3, 0.4) is 0 Å². The Kier molecular flexibility index (Phi) is 4.66. The molecule has 0 saturated heterocycles. The molecule has 108 valence electrons. The molecule has 1 amide bonds. The minimum Gasteiger partial charge on any atom is -0.281 e. The number of aryl methyl sites for hydroxylation is 2. The number of nitrogens with one attached hydrogen (secondary N) is 2. The van der Waals surface area contributed by atoms with Crippen molar-refractivity contribution in [3.63, 3.8) is 0 Å². The standard InChI is InChI=1S/C16H18N4O/c1-11-9-12(2)17-15(10-11)18-16(20-19-13(3)21)14-7-5-4-6-8-14/h4-10H,1-3H3,(H,19,21)(H,17,18,20). The summed E-state index contributed by atoms with van der Waals surface area (Å²) in [5.74, 6) is 0.958. The van der Waals surface area contributed by atoms with Crippen molar-refractivity contribution in [2.45, 2.75) is 20.8 Å². The molecule has 2 aromatic rings. The van der Waals surface area contributed by atoms with Crippen LogP contribution >= 0.6 is 0 Å². The van der Waals surface area contributed by atoms with E-state index in [1.165, 1.54) is 6.92 Å². The predicted molar refractivity (Wildman–Crippen MR) is 83.3 cm³/mol. The number of amides is 1. The minimum atomic E-state index is -0.188. The molecule has 1 heterocycles. The minimum absolute atomic E-state index is 0.188. The second-order valence-electron chi connectivity index (χ2n) is 4.78. The van der Waals surface area contributed by atoms with Crippen molar-refractivity contribution in [2.75, 3.05) is 0 Å². The second kappa shape index (κ2) is 6.65. The SMILES string of the molecule is CC(=O)NN/C(=N\c1cc(C)cc(C)n1)c1ccccc1. The topological polar surface area (TPSA) is 66.4 Å². The van der Waals surface area contributed by atoms with Gasteiger partial charge in [0.25, 0.3) is 0 Å². The molecule has 0 aliphatic carbocycles. The zero-order valence-electron chi connectivity index (χ0n) is 12.3. The van der Waals surface area contributed by atoms with E-state index >= 15 is 0 Å². The van der Waals surface area contributed by atoms with Crippen LogP contribution in [0.5, 0.6) is 0 Å². The van der Waals surface area contributed by atoms with Gasteiger partial charge in [0.15, 0.2) is 11.7 Å². The summed E-state index contributed by atoms with van der Waals surface area (Å²) in [4.78, 5) is 20.0. The highest BCUT2D eigenvalue weighted by atomic mass is 16.2. The molecule has 2 rings (SSSR count). The van der Waals surface area contributed by atoms with E-state index in [-0.39, 0.29) is 5.91 Å². The van der Waals surface area contributed by atoms with Gasteiger partial charge < -0.3 is 0 Å². The number of nitrogens with zero attached hydrogens (tertiary/aromatic N) is 2. The van der Waals surface area contributed by atoms with Crippen LogP contribution in [0.2, 0.25) is 0 Å². The summed E-state index contributed by atoms with van der Waals surface area (Å²) in [6.45, 7) is 5.36. The van der Waals surface area contributed by atoms with E-state index in [2.05, 4.69) is 20.8 Å². The maximum atomic E-state index is 11.1. The highest BCUT2D eigenvalue weighted by Gasteiger charge is 2.05. The van der Waals surface area contributed by atoms with Crippen molar-refractivity contribution >= 4 is 17.6 Å². The molecule has 0 aliphatic heterocycles. The maximum Gasteiger partial charge on any atom is 0.235 e. The van der Waals surface area contributed by atoms with E-state index in [4.69, 9.17) is 0 Å². The summed E-state index contributed by atoms with van der Waals surface area (Å²) in [7, 11) is 0. The molecule has 0 aliphatic rings. The van der Waals surface area contributed by atoms with Crippen LogP contribution in [0.15, 0.2) is 47.5 Å². The Bertz CT molecular complexity index is 645. The first-order chi connectivity index (χ1) is 10.0. The van der Waals surface area contributed by atoms with Gasteiger partial charge in [0.2, 0.25) is 5.91 Å². The fourth-order valence-corrected chi connectivity index (χ4v) is 1.90. The van der Waals surface area contributed by atoms with Gasteiger partial charge in [-0.2, -0.15) is 0 Å². The summed E-state index contributed by atoms with van der Waals surface area (Å²) in [5.41, 5.74) is 8.24. The van der Waals surface area contributed by atoms with Crippen LogP contribution in [-0.4, -0.2) is 16.7 Å². The second-order valence-corrected chi connectivity index (χ2v) is 4.78. The number of aromatic nitrogens is 1. The van der Waals surface area contributed by atoms with Crippen LogP contribution in [0.25, 0.3) is 0 Å². The molecular weight excluding hydrogens is 264 g/mol. The van der Waals surface area contributed by atoms with E-state index in [9.17, 15) is 4.79 Å². The quantitative estimate of drug-likeness (QED) is 0.505. The zero-order chi connectivity index (χ0) is 15.2. The third-order valence-corrected chi connectivity index (χ3v) is 2.71. The Hall–Kier alpha value is -2.69. The summed E-state index contributed by atoms with van der Waals surface area (Å²) in [5, 5.41) is 0. The number of benzene rings is 1. The van der Waals surface area contributed by atoms with Gasteiger partial charge >= 0.3 is 0 Å². The van der Waals surface area contributed by atoms with Crippen molar-refractivity contribution in [1.29, 1.82) is 0 Å². The first kappa shape index (κ1) is 14.7. The van der Waals surface area contributed by atoms with E-state index in [1.807, 2.05) is 56.3 Å². The normalized spacial score (nSPS) is 11.1. The molecule has 0 atom stereocenters. The Morgan fingerprint density at radius 2 is 1.81 bits per heavy atom. The number of amidine groups is 1. The van der Waals surface area contributed by atoms with E-state index in [0.29, 0.717) is 11.7 Å². The van der Waals surface area contributed by atoms with Crippen LogP contribution in [0.4, 0.5) is 5.82 Å². The van der Waals surface area contributed by atoms with Crippen molar-refractivity contribution in [3.05, 3.63) is 59.3 Å². The molecule has 1 aromatic heterocycles. The molecule has 2 N–H and O–H groups in total. The highest BCUT2D eigenvalue weighted by Crippen LogP contribution is 2.14. The predicted octanol–water partition coefficient (Wildman–Crippen LogP) is 2.42. The third-order valence-electron chi connectivity index (χ3n) is 2.71. The maximum absolute atomic E-state index is 11.1. The Balaban J connectivity index is 2.38. The lowest BCUT2D eigenvalue weighted by atomic mass is 10.2. The van der Waals surface area contributed by atoms with Gasteiger partial charge in [0.1, 0.15) is 0 Å². The number of hydrogen-bond donors (Lipinski definition) is 2.